The number of carbonyl (C=O) groups excluding carboxylic acids is 1. The molecule has 1 amide bonds. The first-order valence-corrected chi connectivity index (χ1v) is 9.04. The molecular formula is C22H25N3O3. The van der Waals surface area contributed by atoms with Crippen molar-refractivity contribution in [3.05, 3.63) is 60.2 Å². The second-order valence-electron chi connectivity index (χ2n) is 6.09. The van der Waals surface area contributed by atoms with Crippen molar-refractivity contribution in [3.8, 4) is 17.6 Å². The fourth-order valence-electron chi connectivity index (χ4n) is 2.59. The van der Waals surface area contributed by atoms with Crippen LogP contribution in [0.2, 0.25) is 0 Å². The third kappa shape index (κ3) is 6.69. The van der Waals surface area contributed by atoms with E-state index in [-0.39, 0.29) is 12.5 Å². The Labute approximate surface area is 166 Å². The molecule has 0 spiro atoms. The molecular weight excluding hydrogens is 354 g/mol. The number of nitriles is 1. The highest BCUT2D eigenvalue weighted by Gasteiger charge is 2.05. The number of anilines is 1. The molecule has 146 valence electrons. The molecule has 2 aromatic rings. The second-order valence-corrected chi connectivity index (χ2v) is 6.09. The maximum atomic E-state index is 12.0. The third-order valence-electron chi connectivity index (χ3n) is 4.07. The van der Waals surface area contributed by atoms with Gasteiger partial charge in [0.25, 0.3) is 0 Å². The lowest BCUT2D eigenvalue weighted by molar-refractivity contribution is -0.116. The van der Waals surface area contributed by atoms with E-state index in [0.717, 1.165) is 24.2 Å². The number of hydrogen-bond acceptors (Lipinski definition) is 5. The van der Waals surface area contributed by atoms with Gasteiger partial charge in [-0.1, -0.05) is 24.3 Å². The summed E-state index contributed by atoms with van der Waals surface area (Å²) in [5, 5.41) is 11.5. The summed E-state index contributed by atoms with van der Waals surface area (Å²) in [5.74, 6) is 0.862. The van der Waals surface area contributed by atoms with Gasteiger partial charge in [-0.25, -0.2) is 0 Å². The quantitative estimate of drug-likeness (QED) is 0.507. The van der Waals surface area contributed by atoms with Crippen molar-refractivity contribution in [2.24, 2.45) is 0 Å². The number of rotatable bonds is 10. The van der Waals surface area contributed by atoms with Crippen LogP contribution in [0.25, 0.3) is 6.08 Å². The van der Waals surface area contributed by atoms with E-state index < -0.39 is 0 Å². The smallest absolute Gasteiger partial charge is 0.244 e. The largest absolute Gasteiger partial charge is 0.493 e. The van der Waals surface area contributed by atoms with Crippen LogP contribution in [0, 0.1) is 11.3 Å². The van der Waals surface area contributed by atoms with E-state index in [2.05, 4.69) is 22.3 Å². The minimum atomic E-state index is -0.147. The van der Waals surface area contributed by atoms with Gasteiger partial charge in [-0.15, -0.1) is 0 Å². The van der Waals surface area contributed by atoms with Crippen molar-refractivity contribution < 1.29 is 14.3 Å². The molecule has 0 heterocycles. The molecule has 0 saturated heterocycles. The Morgan fingerprint density at radius 3 is 2.71 bits per heavy atom. The number of methoxy groups -OCH3 is 1. The molecule has 2 rings (SSSR count). The molecule has 0 aliphatic heterocycles. The number of amides is 1. The highest BCUT2D eigenvalue weighted by atomic mass is 16.5. The Hall–Kier alpha value is -3.46. The molecule has 1 N–H and O–H groups in total. The summed E-state index contributed by atoms with van der Waals surface area (Å²) in [7, 11) is 3.57. The van der Waals surface area contributed by atoms with E-state index >= 15 is 0 Å². The van der Waals surface area contributed by atoms with E-state index in [1.165, 1.54) is 13.2 Å². The van der Waals surface area contributed by atoms with Crippen molar-refractivity contribution in [3.63, 3.8) is 0 Å². The topological polar surface area (TPSA) is 74.6 Å². The molecule has 28 heavy (non-hydrogen) atoms. The van der Waals surface area contributed by atoms with Gasteiger partial charge in [0.2, 0.25) is 5.91 Å². The lowest BCUT2D eigenvalue weighted by Crippen LogP contribution is -2.26. The molecule has 0 atom stereocenters. The van der Waals surface area contributed by atoms with Gasteiger partial charge in [0, 0.05) is 31.9 Å². The maximum absolute atomic E-state index is 12.0. The number of nitrogens with one attached hydrogen (secondary N) is 1. The molecule has 0 bridgehead atoms. The standard InChI is InChI=1S/C22H25N3O3/c1-25(19-7-4-3-5-8-19)15-6-14-24-22(26)12-10-18-9-11-20(28-16-13-23)21(17-18)27-2/h3-5,7-12,17H,6,14-16H2,1-2H3,(H,24,26)/b12-10+. The van der Waals surface area contributed by atoms with Crippen molar-refractivity contribution >= 4 is 17.7 Å². The van der Waals surface area contributed by atoms with Gasteiger partial charge in [-0.2, -0.15) is 5.26 Å². The molecule has 0 fully saturated rings. The van der Waals surface area contributed by atoms with Crippen molar-refractivity contribution in [1.29, 1.82) is 5.26 Å². The Morgan fingerprint density at radius 1 is 1.21 bits per heavy atom. The lowest BCUT2D eigenvalue weighted by Gasteiger charge is -2.19. The summed E-state index contributed by atoms with van der Waals surface area (Å²) in [4.78, 5) is 14.1. The summed E-state index contributed by atoms with van der Waals surface area (Å²) >= 11 is 0. The van der Waals surface area contributed by atoms with Gasteiger partial charge >= 0.3 is 0 Å². The number of benzene rings is 2. The van der Waals surface area contributed by atoms with Crippen LogP contribution < -0.4 is 19.7 Å². The zero-order chi connectivity index (χ0) is 20.2. The predicted molar refractivity (Wildman–Crippen MR) is 110 cm³/mol. The monoisotopic (exact) mass is 379 g/mol. The molecule has 0 saturated carbocycles. The van der Waals surface area contributed by atoms with Gasteiger partial charge < -0.3 is 19.7 Å². The SMILES string of the molecule is COc1cc(/C=C/C(=O)NCCCN(C)c2ccccc2)ccc1OCC#N. The molecule has 0 aliphatic rings. The van der Waals surface area contributed by atoms with Gasteiger partial charge in [0.1, 0.15) is 6.07 Å². The first-order valence-electron chi connectivity index (χ1n) is 9.04. The predicted octanol–water partition coefficient (Wildman–Crippen LogP) is 3.25. The molecule has 6 nitrogen and oxygen atoms in total. The highest BCUT2D eigenvalue weighted by molar-refractivity contribution is 5.91. The molecule has 0 unspecified atom stereocenters. The van der Waals surface area contributed by atoms with Gasteiger partial charge in [-0.3, -0.25) is 4.79 Å². The average Bonchev–Trinajstić information content (AvgIpc) is 2.74. The zero-order valence-corrected chi connectivity index (χ0v) is 16.2. The fraction of sp³-hybridized carbons (Fsp3) is 0.273. The molecule has 0 aliphatic carbocycles. The first-order chi connectivity index (χ1) is 13.6. The summed E-state index contributed by atoms with van der Waals surface area (Å²) in [6.45, 7) is 1.41. The van der Waals surface area contributed by atoms with Crippen LogP contribution in [0.3, 0.4) is 0 Å². The molecule has 0 radical (unpaired) electrons. The van der Waals surface area contributed by atoms with Crippen LogP contribution >= 0.6 is 0 Å². The summed E-state index contributed by atoms with van der Waals surface area (Å²) in [6.07, 6.45) is 4.05. The zero-order valence-electron chi connectivity index (χ0n) is 16.2. The van der Waals surface area contributed by atoms with Gasteiger partial charge in [0.15, 0.2) is 18.1 Å². The van der Waals surface area contributed by atoms with E-state index in [1.807, 2.05) is 31.3 Å². The van der Waals surface area contributed by atoms with Crippen molar-refractivity contribution in [1.82, 2.24) is 5.32 Å². The first kappa shape index (κ1) is 20.8. The Balaban J connectivity index is 1.78. The van der Waals surface area contributed by atoms with Crippen molar-refractivity contribution in [2.45, 2.75) is 6.42 Å². The Morgan fingerprint density at radius 2 is 2.00 bits per heavy atom. The van der Waals surface area contributed by atoms with Crippen LogP contribution in [0.15, 0.2) is 54.6 Å². The molecule has 6 heteroatoms. The summed E-state index contributed by atoms with van der Waals surface area (Å²) in [5.41, 5.74) is 1.96. The van der Waals surface area contributed by atoms with E-state index in [0.29, 0.717) is 18.0 Å². The minimum Gasteiger partial charge on any atom is -0.493 e. The van der Waals surface area contributed by atoms with Crippen LogP contribution in [0.1, 0.15) is 12.0 Å². The number of hydrogen-bond donors (Lipinski definition) is 1. The van der Waals surface area contributed by atoms with Gasteiger partial charge in [0.05, 0.1) is 7.11 Å². The lowest BCUT2D eigenvalue weighted by atomic mass is 10.2. The fourth-order valence-corrected chi connectivity index (χ4v) is 2.59. The van der Waals surface area contributed by atoms with Crippen LogP contribution in [-0.2, 0) is 4.79 Å². The Bertz CT molecular complexity index is 829. The normalized spacial score (nSPS) is 10.3. The van der Waals surface area contributed by atoms with E-state index in [1.54, 1.807) is 24.3 Å². The van der Waals surface area contributed by atoms with Crippen LogP contribution in [0.4, 0.5) is 5.69 Å². The Kier molecular flexibility index (Phi) is 8.41. The molecule has 0 aromatic heterocycles. The van der Waals surface area contributed by atoms with E-state index in [4.69, 9.17) is 14.7 Å². The summed E-state index contributed by atoms with van der Waals surface area (Å²) < 4.78 is 10.5. The van der Waals surface area contributed by atoms with Crippen LogP contribution in [0.5, 0.6) is 11.5 Å². The average molecular weight is 379 g/mol. The van der Waals surface area contributed by atoms with Crippen molar-refractivity contribution in [2.75, 3.05) is 38.8 Å². The number of nitrogens with zero attached hydrogens (tertiary/aromatic N) is 2. The second kappa shape index (κ2) is 11.3. The minimum absolute atomic E-state index is 0.0482. The van der Waals surface area contributed by atoms with Gasteiger partial charge in [-0.05, 0) is 42.3 Å². The van der Waals surface area contributed by atoms with Crippen LogP contribution in [-0.4, -0.2) is 39.8 Å². The maximum Gasteiger partial charge on any atom is 0.244 e. The number of ether oxygens (including phenoxy) is 2. The number of carbonyl (C=O) groups is 1. The highest BCUT2D eigenvalue weighted by Crippen LogP contribution is 2.28. The van der Waals surface area contributed by atoms with E-state index in [9.17, 15) is 4.79 Å². The summed E-state index contributed by atoms with van der Waals surface area (Å²) in [6, 6.07) is 17.3. The number of para-hydroxylation sites is 1. The third-order valence-corrected chi connectivity index (χ3v) is 4.07. The molecule has 2 aromatic carbocycles.